The summed E-state index contributed by atoms with van der Waals surface area (Å²) in [4.78, 5) is 21.8. The minimum absolute atomic E-state index is 0.0483. The van der Waals surface area contributed by atoms with E-state index in [1.165, 1.54) is 18.2 Å². The number of nitro benzene ring substituents is 1. The fourth-order valence-corrected chi connectivity index (χ4v) is 1.88. The van der Waals surface area contributed by atoms with Crippen LogP contribution in [0.15, 0.2) is 48.5 Å². The van der Waals surface area contributed by atoms with Crippen LogP contribution in [0.2, 0.25) is 0 Å². The maximum atomic E-state index is 11.6. The van der Waals surface area contributed by atoms with Crippen molar-refractivity contribution in [3.63, 3.8) is 0 Å². The molecule has 7 heteroatoms. The lowest BCUT2D eigenvalue weighted by Crippen LogP contribution is -2.07. The Kier molecular flexibility index (Phi) is 5.65. The Morgan fingerprint density at radius 2 is 1.91 bits per heavy atom. The van der Waals surface area contributed by atoms with Crippen LogP contribution in [0.4, 0.5) is 5.69 Å². The molecule has 0 saturated carbocycles. The lowest BCUT2D eigenvalue weighted by Gasteiger charge is -2.08. The van der Waals surface area contributed by atoms with Gasteiger partial charge in [-0.05, 0) is 11.6 Å². The fraction of sp³-hybridized carbons (Fsp3) is 0.188. The van der Waals surface area contributed by atoms with E-state index in [0.29, 0.717) is 6.61 Å². The van der Waals surface area contributed by atoms with Gasteiger partial charge in [0.2, 0.25) is 0 Å². The highest BCUT2D eigenvalue weighted by atomic mass is 16.7. The van der Waals surface area contributed by atoms with Gasteiger partial charge >= 0.3 is 5.97 Å². The topological polar surface area (TPSA) is 87.9 Å². The largest absolute Gasteiger partial charge is 0.468 e. The van der Waals surface area contributed by atoms with Gasteiger partial charge in [0.1, 0.15) is 11.3 Å². The third-order valence-corrected chi connectivity index (χ3v) is 2.99. The Hall–Kier alpha value is -2.93. The Bertz CT molecular complexity index is 686. The molecule has 0 aliphatic heterocycles. The Labute approximate surface area is 132 Å². The number of rotatable bonds is 7. The lowest BCUT2D eigenvalue weighted by molar-refractivity contribution is -0.385. The number of nitro groups is 1. The van der Waals surface area contributed by atoms with Gasteiger partial charge in [0.15, 0.2) is 6.79 Å². The van der Waals surface area contributed by atoms with Gasteiger partial charge in [-0.3, -0.25) is 10.1 Å². The maximum Gasteiger partial charge on any atom is 0.345 e. The average Bonchev–Trinajstić information content (AvgIpc) is 2.58. The van der Waals surface area contributed by atoms with Crippen LogP contribution in [0, 0.1) is 10.1 Å². The summed E-state index contributed by atoms with van der Waals surface area (Å²) in [6.45, 7) is 0.324. The highest BCUT2D eigenvalue weighted by Gasteiger charge is 2.21. The van der Waals surface area contributed by atoms with E-state index in [1.54, 1.807) is 0 Å². The second kappa shape index (κ2) is 7.90. The molecule has 2 rings (SSSR count). The van der Waals surface area contributed by atoms with Gasteiger partial charge in [-0.1, -0.05) is 30.3 Å². The number of hydrogen-bond donors (Lipinski definition) is 0. The molecular formula is C16H15NO6. The van der Waals surface area contributed by atoms with Crippen LogP contribution in [-0.2, 0) is 16.1 Å². The Balaban J connectivity index is 1.97. The summed E-state index contributed by atoms with van der Waals surface area (Å²) in [5.74, 6) is -0.517. The average molecular weight is 317 g/mol. The van der Waals surface area contributed by atoms with Crippen LogP contribution < -0.4 is 4.74 Å². The number of methoxy groups -OCH3 is 1. The highest BCUT2D eigenvalue weighted by Crippen LogP contribution is 2.24. The molecule has 0 heterocycles. The molecule has 120 valence electrons. The molecule has 2 aromatic carbocycles. The van der Waals surface area contributed by atoms with Crippen molar-refractivity contribution in [1.82, 2.24) is 0 Å². The molecule has 0 N–H and O–H groups in total. The van der Waals surface area contributed by atoms with E-state index in [9.17, 15) is 14.9 Å². The number of carbonyl (C=O) groups excluding carboxylic acids is 1. The van der Waals surface area contributed by atoms with Gasteiger partial charge in [-0.15, -0.1) is 0 Å². The summed E-state index contributed by atoms with van der Waals surface area (Å²) in [7, 11) is 1.16. The van der Waals surface area contributed by atoms with Crippen LogP contribution in [0.3, 0.4) is 0 Å². The summed E-state index contributed by atoms with van der Waals surface area (Å²) in [5.41, 5.74) is 0.488. The van der Waals surface area contributed by atoms with Crippen molar-refractivity contribution in [3.05, 3.63) is 69.8 Å². The van der Waals surface area contributed by atoms with E-state index in [4.69, 9.17) is 9.47 Å². The third-order valence-electron chi connectivity index (χ3n) is 2.99. The zero-order chi connectivity index (χ0) is 16.7. The summed E-state index contributed by atoms with van der Waals surface area (Å²) in [6.07, 6.45) is 0. The Morgan fingerprint density at radius 1 is 1.17 bits per heavy atom. The van der Waals surface area contributed by atoms with Crippen molar-refractivity contribution in [3.8, 4) is 5.75 Å². The molecule has 0 spiro atoms. The third kappa shape index (κ3) is 4.52. The zero-order valence-corrected chi connectivity index (χ0v) is 12.4. The van der Waals surface area contributed by atoms with E-state index >= 15 is 0 Å². The first kappa shape index (κ1) is 16.4. The molecule has 7 nitrogen and oxygen atoms in total. The monoisotopic (exact) mass is 317 g/mol. The summed E-state index contributed by atoms with van der Waals surface area (Å²) in [6, 6.07) is 13.4. The number of benzene rings is 2. The van der Waals surface area contributed by atoms with Crippen molar-refractivity contribution in [2.24, 2.45) is 0 Å². The van der Waals surface area contributed by atoms with Crippen LogP contribution >= 0.6 is 0 Å². The number of esters is 1. The zero-order valence-electron chi connectivity index (χ0n) is 12.4. The SMILES string of the molecule is COC(=O)c1cc(OCOCc2ccccc2)ccc1[N+](=O)[O-]. The van der Waals surface area contributed by atoms with Crippen LogP contribution in [0.1, 0.15) is 15.9 Å². The maximum absolute atomic E-state index is 11.6. The smallest absolute Gasteiger partial charge is 0.345 e. The number of ether oxygens (including phenoxy) is 3. The van der Waals surface area contributed by atoms with Crippen molar-refractivity contribution in [2.75, 3.05) is 13.9 Å². The first-order chi connectivity index (χ1) is 11.1. The minimum Gasteiger partial charge on any atom is -0.468 e. The van der Waals surface area contributed by atoms with Gasteiger partial charge in [-0.2, -0.15) is 0 Å². The van der Waals surface area contributed by atoms with Gasteiger partial charge in [0.05, 0.1) is 18.6 Å². The summed E-state index contributed by atoms with van der Waals surface area (Å²) >= 11 is 0. The fourth-order valence-electron chi connectivity index (χ4n) is 1.88. The second-order valence-electron chi connectivity index (χ2n) is 4.52. The summed E-state index contributed by atoms with van der Waals surface area (Å²) in [5, 5.41) is 10.9. The molecule has 0 aliphatic carbocycles. The van der Waals surface area contributed by atoms with Gasteiger partial charge in [0.25, 0.3) is 5.69 Å². The van der Waals surface area contributed by atoms with E-state index in [-0.39, 0.29) is 23.8 Å². The molecule has 0 aromatic heterocycles. The molecule has 0 atom stereocenters. The summed E-state index contributed by atoms with van der Waals surface area (Å²) < 4.78 is 15.2. The first-order valence-corrected chi connectivity index (χ1v) is 6.73. The van der Waals surface area contributed by atoms with E-state index in [1.807, 2.05) is 30.3 Å². The molecule has 2 aromatic rings. The van der Waals surface area contributed by atoms with Gasteiger partial charge in [0, 0.05) is 12.1 Å². The molecule has 23 heavy (non-hydrogen) atoms. The molecule has 0 fully saturated rings. The molecule has 0 amide bonds. The van der Waals surface area contributed by atoms with Gasteiger partial charge < -0.3 is 14.2 Å². The van der Waals surface area contributed by atoms with Crippen LogP contribution in [-0.4, -0.2) is 24.8 Å². The molecular weight excluding hydrogens is 302 g/mol. The van der Waals surface area contributed by atoms with Crippen LogP contribution in [0.5, 0.6) is 5.75 Å². The standard InChI is InChI=1S/C16H15NO6/c1-21-16(18)14-9-13(7-8-15(14)17(19)20)23-11-22-10-12-5-3-2-4-6-12/h2-9H,10-11H2,1H3. The molecule has 0 bridgehead atoms. The predicted molar refractivity (Wildman–Crippen MR) is 81.2 cm³/mol. The normalized spacial score (nSPS) is 10.1. The highest BCUT2D eigenvalue weighted by molar-refractivity contribution is 5.94. The Morgan fingerprint density at radius 3 is 2.57 bits per heavy atom. The van der Waals surface area contributed by atoms with Crippen LogP contribution in [0.25, 0.3) is 0 Å². The molecule has 0 aliphatic rings. The predicted octanol–water partition coefficient (Wildman–Crippen LogP) is 2.93. The van der Waals surface area contributed by atoms with Crippen molar-refractivity contribution in [1.29, 1.82) is 0 Å². The van der Waals surface area contributed by atoms with Crippen molar-refractivity contribution >= 4 is 11.7 Å². The van der Waals surface area contributed by atoms with E-state index < -0.39 is 10.9 Å². The van der Waals surface area contributed by atoms with Gasteiger partial charge in [-0.25, -0.2) is 4.79 Å². The molecule has 0 radical (unpaired) electrons. The number of carbonyl (C=O) groups is 1. The number of nitrogens with zero attached hydrogens (tertiary/aromatic N) is 1. The molecule has 0 saturated heterocycles. The number of hydrogen-bond acceptors (Lipinski definition) is 6. The van der Waals surface area contributed by atoms with E-state index in [0.717, 1.165) is 12.7 Å². The lowest BCUT2D eigenvalue weighted by atomic mass is 10.1. The first-order valence-electron chi connectivity index (χ1n) is 6.73. The van der Waals surface area contributed by atoms with Crippen molar-refractivity contribution in [2.45, 2.75) is 6.61 Å². The van der Waals surface area contributed by atoms with Crippen molar-refractivity contribution < 1.29 is 23.9 Å². The van der Waals surface area contributed by atoms with E-state index in [2.05, 4.69) is 4.74 Å². The second-order valence-corrected chi connectivity index (χ2v) is 4.52. The quantitative estimate of drug-likeness (QED) is 0.256. The minimum atomic E-state index is -0.799. The molecule has 0 unspecified atom stereocenters.